The lowest BCUT2D eigenvalue weighted by molar-refractivity contribution is -0.121. The quantitative estimate of drug-likeness (QED) is 0.800. The van der Waals surface area contributed by atoms with Crippen LogP contribution in [-0.2, 0) is 9.59 Å². The van der Waals surface area contributed by atoms with E-state index < -0.39 is 11.9 Å². The Morgan fingerprint density at radius 1 is 1.09 bits per heavy atom. The number of benzene rings is 1. The largest absolute Gasteiger partial charge is 0.326 e. The molecule has 2 atom stereocenters. The van der Waals surface area contributed by atoms with Crippen molar-refractivity contribution in [2.24, 2.45) is 11.8 Å². The van der Waals surface area contributed by atoms with E-state index in [2.05, 4.69) is 22.9 Å². The Bertz CT molecular complexity index is 601. The summed E-state index contributed by atoms with van der Waals surface area (Å²) in [6.07, 6.45) is 4.13. The number of carbonyl (C=O) groups excluding carboxylic acids is 3. The second-order valence-electron chi connectivity index (χ2n) is 6.17. The molecule has 124 valence electrons. The molecule has 0 aliphatic heterocycles. The van der Waals surface area contributed by atoms with Crippen LogP contribution < -0.4 is 16.0 Å². The van der Waals surface area contributed by atoms with Crippen molar-refractivity contribution in [1.82, 2.24) is 5.32 Å². The van der Waals surface area contributed by atoms with Gasteiger partial charge in [-0.1, -0.05) is 25.8 Å². The van der Waals surface area contributed by atoms with Crippen LogP contribution in [-0.4, -0.2) is 17.8 Å². The number of rotatable bonds is 3. The summed E-state index contributed by atoms with van der Waals surface area (Å²) >= 11 is 0. The highest BCUT2D eigenvalue weighted by atomic mass is 16.2. The highest BCUT2D eigenvalue weighted by Gasteiger charge is 2.25. The van der Waals surface area contributed by atoms with Crippen molar-refractivity contribution in [3.63, 3.8) is 0 Å². The fourth-order valence-electron chi connectivity index (χ4n) is 2.91. The van der Waals surface area contributed by atoms with E-state index in [1.54, 1.807) is 24.3 Å². The number of hydrogen-bond acceptors (Lipinski definition) is 3. The van der Waals surface area contributed by atoms with Crippen LogP contribution in [0, 0.1) is 11.8 Å². The van der Waals surface area contributed by atoms with Crippen LogP contribution in [0.15, 0.2) is 24.3 Å². The highest BCUT2D eigenvalue weighted by Crippen LogP contribution is 2.29. The topological polar surface area (TPSA) is 87.3 Å². The molecule has 3 N–H and O–H groups in total. The minimum atomic E-state index is -0.595. The smallest absolute Gasteiger partial charge is 0.325 e. The molecule has 0 saturated heterocycles. The lowest BCUT2D eigenvalue weighted by Crippen LogP contribution is -2.32. The molecule has 2 rings (SSSR count). The molecule has 1 aliphatic carbocycles. The monoisotopic (exact) mass is 317 g/mol. The average Bonchev–Trinajstić information content (AvgIpc) is 2.46. The first kappa shape index (κ1) is 17.0. The minimum absolute atomic E-state index is 0.0295. The molecule has 1 fully saturated rings. The third-order valence-electron chi connectivity index (χ3n) is 3.98. The Hall–Kier alpha value is -2.37. The molecule has 2 unspecified atom stereocenters. The first-order valence-electron chi connectivity index (χ1n) is 7.93. The maximum Gasteiger partial charge on any atom is 0.325 e. The van der Waals surface area contributed by atoms with Gasteiger partial charge in [0.05, 0.1) is 0 Å². The number of nitrogens with one attached hydrogen (secondary N) is 3. The molecule has 1 aliphatic rings. The van der Waals surface area contributed by atoms with Gasteiger partial charge in [-0.25, -0.2) is 4.79 Å². The van der Waals surface area contributed by atoms with Crippen LogP contribution in [0.4, 0.5) is 16.2 Å². The normalized spacial score (nSPS) is 20.4. The minimum Gasteiger partial charge on any atom is -0.326 e. The zero-order chi connectivity index (χ0) is 16.8. The van der Waals surface area contributed by atoms with E-state index in [4.69, 9.17) is 0 Å². The van der Waals surface area contributed by atoms with Gasteiger partial charge in [-0.3, -0.25) is 14.9 Å². The number of anilines is 2. The third kappa shape index (κ3) is 5.39. The van der Waals surface area contributed by atoms with Crippen LogP contribution in [0.1, 0.15) is 39.5 Å². The number of carbonyl (C=O) groups is 3. The summed E-state index contributed by atoms with van der Waals surface area (Å²) in [6.45, 7) is 3.44. The molecule has 0 radical (unpaired) electrons. The molecule has 4 amide bonds. The molecule has 0 bridgehead atoms. The molecule has 1 aromatic rings. The van der Waals surface area contributed by atoms with Crippen molar-refractivity contribution < 1.29 is 14.4 Å². The zero-order valence-electron chi connectivity index (χ0n) is 13.5. The Kier molecular flexibility index (Phi) is 5.73. The van der Waals surface area contributed by atoms with Crippen LogP contribution in [0.3, 0.4) is 0 Å². The van der Waals surface area contributed by atoms with E-state index in [9.17, 15) is 14.4 Å². The van der Waals surface area contributed by atoms with Gasteiger partial charge in [0, 0.05) is 24.2 Å². The van der Waals surface area contributed by atoms with Crippen LogP contribution in [0.2, 0.25) is 0 Å². The fraction of sp³-hybridized carbons (Fsp3) is 0.471. The Morgan fingerprint density at radius 2 is 1.78 bits per heavy atom. The Labute approximate surface area is 136 Å². The molecule has 6 nitrogen and oxygen atoms in total. The second-order valence-corrected chi connectivity index (χ2v) is 6.17. The number of hydrogen-bond donors (Lipinski definition) is 3. The van der Waals surface area contributed by atoms with E-state index >= 15 is 0 Å². The SMILES string of the molecule is CC(=O)NC(=O)Nc1cccc(NC(=O)C2CCCC(C)C2)c1. The van der Waals surface area contributed by atoms with Crippen LogP contribution in [0.25, 0.3) is 0 Å². The van der Waals surface area contributed by atoms with Gasteiger partial charge in [0.2, 0.25) is 11.8 Å². The van der Waals surface area contributed by atoms with Gasteiger partial charge < -0.3 is 10.6 Å². The van der Waals surface area contributed by atoms with Gasteiger partial charge in [0.25, 0.3) is 0 Å². The van der Waals surface area contributed by atoms with Crippen molar-refractivity contribution in [3.8, 4) is 0 Å². The predicted molar refractivity (Wildman–Crippen MR) is 89.0 cm³/mol. The van der Waals surface area contributed by atoms with Gasteiger partial charge in [-0.2, -0.15) is 0 Å². The Morgan fingerprint density at radius 3 is 2.43 bits per heavy atom. The highest BCUT2D eigenvalue weighted by molar-refractivity contribution is 6.01. The van der Waals surface area contributed by atoms with E-state index in [1.165, 1.54) is 13.3 Å². The van der Waals surface area contributed by atoms with Gasteiger partial charge in [0.1, 0.15) is 0 Å². The molecule has 1 saturated carbocycles. The predicted octanol–water partition coefficient (Wildman–Crippen LogP) is 3.12. The summed E-state index contributed by atoms with van der Waals surface area (Å²) in [5.74, 6) is 0.236. The van der Waals surface area contributed by atoms with Gasteiger partial charge in [0.15, 0.2) is 0 Å². The van der Waals surface area contributed by atoms with Crippen molar-refractivity contribution in [1.29, 1.82) is 0 Å². The van der Waals surface area contributed by atoms with E-state index in [0.29, 0.717) is 17.3 Å². The maximum absolute atomic E-state index is 12.3. The number of urea groups is 1. The first-order valence-corrected chi connectivity index (χ1v) is 7.93. The molecule has 0 aromatic heterocycles. The molecular formula is C17H23N3O3. The van der Waals surface area contributed by atoms with Crippen molar-refractivity contribution in [2.45, 2.75) is 39.5 Å². The van der Waals surface area contributed by atoms with E-state index in [1.807, 2.05) is 0 Å². The molecule has 6 heteroatoms. The maximum atomic E-state index is 12.3. The lowest BCUT2D eigenvalue weighted by atomic mass is 9.82. The molecule has 1 aromatic carbocycles. The van der Waals surface area contributed by atoms with E-state index in [0.717, 1.165) is 19.3 Å². The van der Waals surface area contributed by atoms with Gasteiger partial charge in [-0.05, 0) is 37.0 Å². The molecule has 23 heavy (non-hydrogen) atoms. The summed E-state index contributed by atoms with van der Waals surface area (Å²) in [5, 5.41) is 7.59. The third-order valence-corrected chi connectivity index (χ3v) is 3.98. The number of imide groups is 1. The average molecular weight is 317 g/mol. The van der Waals surface area contributed by atoms with Crippen LogP contribution in [0.5, 0.6) is 0 Å². The van der Waals surface area contributed by atoms with Crippen molar-refractivity contribution in [3.05, 3.63) is 24.3 Å². The van der Waals surface area contributed by atoms with Gasteiger partial charge in [-0.15, -0.1) is 0 Å². The summed E-state index contributed by atoms with van der Waals surface area (Å²) in [7, 11) is 0. The zero-order valence-corrected chi connectivity index (χ0v) is 13.5. The molecule has 0 spiro atoms. The summed E-state index contributed by atoms with van der Waals surface area (Å²) < 4.78 is 0. The lowest BCUT2D eigenvalue weighted by Gasteiger charge is -2.25. The fourth-order valence-corrected chi connectivity index (χ4v) is 2.91. The Balaban J connectivity index is 1.95. The summed E-state index contributed by atoms with van der Waals surface area (Å²) in [5.41, 5.74) is 1.15. The second kappa shape index (κ2) is 7.76. The van der Waals surface area contributed by atoms with Crippen molar-refractivity contribution >= 4 is 29.2 Å². The standard InChI is InChI=1S/C17H23N3O3/c1-11-5-3-6-13(9-11)16(22)19-14-7-4-8-15(10-14)20-17(23)18-12(2)21/h4,7-8,10-11,13H,3,5-6,9H2,1-2H3,(H,19,22)(H2,18,20,21,23). The summed E-state index contributed by atoms with van der Waals surface area (Å²) in [4.78, 5) is 34.7. The number of amides is 4. The molecule has 0 heterocycles. The van der Waals surface area contributed by atoms with E-state index in [-0.39, 0.29) is 11.8 Å². The molecular weight excluding hydrogens is 294 g/mol. The van der Waals surface area contributed by atoms with Crippen LogP contribution >= 0.6 is 0 Å². The first-order chi connectivity index (χ1) is 10.9. The van der Waals surface area contributed by atoms with Crippen molar-refractivity contribution in [2.75, 3.05) is 10.6 Å². The summed E-state index contributed by atoms with van der Waals surface area (Å²) in [6, 6.07) is 6.28. The van der Waals surface area contributed by atoms with Gasteiger partial charge >= 0.3 is 6.03 Å².